The maximum atomic E-state index is 11.2. The van der Waals surface area contributed by atoms with Gasteiger partial charge in [0.25, 0.3) is 0 Å². The van der Waals surface area contributed by atoms with Crippen LogP contribution in [0.2, 0.25) is 0 Å². The molecule has 0 fully saturated rings. The van der Waals surface area contributed by atoms with Gasteiger partial charge in [0.15, 0.2) is 0 Å². The molecule has 0 aromatic rings. The quantitative estimate of drug-likeness (QED) is 0.548. The third-order valence-electron chi connectivity index (χ3n) is 2.60. The van der Waals surface area contributed by atoms with Gasteiger partial charge < -0.3 is 10.1 Å². The molecule has 1 amide bonds. The van der Waals surface area contributed by atoms with E-state index in [4.69, 9.17) is 4.74 Å². The Morgan fingerprint density at radius 1 is 1.41 bits per heavy atom. The molecule has 0 heterocycles. The molecule has 0 aromatic heterocycles. The first-order valence-corrected chi connectivity index (χ1v) is 5.99. The number of rotatable bonds is 7. The van der Waals surface area contributed by atoms with Crippen LogP contribution in [0.5, 0.6) is 0 Å². The minimum atomic E-state index is -0.324. The molecule has 0 saturated heterocycles. The summed E-state index contributed by atoms with van der Waals surface area (Å²) in [6.45, 7) is 10.5. The fourth-order valence-corrected chi connectivity index (χ4v) is 1.75. The minimum Gasteiger partial charge on any atom is -0.460 e. The molecule has 3 atom stereocenters. The van der Waals surface area contributed by atoms with E-state index in [1.54, 1.807) is 6.08 Å². The van der Waals surface area contributed by atoms with Crippen molar-refractivity contribution in [1.29, 1.82) is 0 Å². The van der Waals surface area contributed by atoms with E-state index in [9.17, 15) is 9.59 Å². The van der Waals surface area contributed by atoms with Gasteiger partial charge in [-0.25, -0.2) is 0 Å². The second-order valence-corrected chi connectivity index (χ2v) is 4.26. The molecule has 0 radical (unpaired) electrons. The molecule has 17 heavy (non-hydrogen) atoms. The summed E-state index contributed by atoms with van der Waals surface area (Å²) in [5.41, 5.74) is 0. The Bertz CT molecular complexity index is 276. The van der Waals surface area contributed by atoms with Crippen molar-refractivity contribution in [3.05, 3.63) is 12.7 Å². The zero-order valence-corrected chi connectivity index (χ0v) is 11.2. The predicted molar refractivity (Wildman–Crippen MR) is 67.4 cm³/mol. The highest BCUT2D eigenvalue weighted by atomic mass is 16.5. The van der Waals surface area contributed by atoms with Crippen molar-refractivity contribution in [2.75, 3.05) is 0 Å². The van der Waals surface area contributed by atoms with E-state index in [0.717, 1.165) is 12.8 Å². The zero-order valence-electron chi connectivity index (χ0n) is 11.2. The molecule has 98 valence electrons. The van der Waals surface area contributed by atoms with E-state index >= 15 is 0 Å². The number of amides is 1. The molecule has 0 aliphatic heterocycles. The SMILES string of the molecule is C=C[C@@H](C)[C@@H](NC(C)=O)[C@@H](CCC)OC(C)=O. The highest BCUT2D eigenvalue weighted by Gasteiger charge is 2.27. The fourth-order valence-electron chi connectivity index (χ4n) is 1.75. The van der Waals surface area contributed by atoms with Crippen LogP contribution in [0.4, 0.5) is 0 Å². The van der Waals surface area contributed by atoms with Gasteiger partial charge in [-0.2, -0.15) is 0 Å². The normalized spacial score (nSPS) is 15.5. The molecule has 0 aromatic carbocycles. The third-order valence-corrected chi connectivity index (χ3v) is 2.60. The van der Waals surface area contributed by atoms with E-state index in [-0.39, 0.29) is 29.9 Å². The highest BCUT2D eigenvalue weighted by molar-refractivity contribution is 5.73. The lowest BCUT2D eigenvalue weighted by molar-refractivity contribution is -0.149. The van der Waals surface area contributed by atoms with Crippen LogP contribution in [0.25, 0.3) is 0 Å². The Morgan fingerprint density at radius 2 is 2.00 bits per heavy atom. The standard InChI is InChI=1S/C13H23NO3/c1-6-8-12(17-11(5)16)13(9(3)7-2)14-10(4)15/h7,9,12-13H,2,6,8H2,1,3-5H3,(H,14,15)/t9-,12-,13-/m1/s1. The van der Waals surface area contributed by atoms with Gasteiger partial charge in [0.05, 0.1) is 6.04 Å². The van der Waals surface area contributed by atoms with Crippen molar-refractivity contribution in [3.63, 3.8) is 0 Å². The molecule has 4 heteroatoms. The molecule has 0 unspecified atom stereocenters. The van der Waals surface area contributed by atoms with Crippen LogP contribution in [0, 0.1) is 5.92 Å². The summed E-state index contributed by atoms with van der Waals surface area (Å²) in [4.78, 5) is 22.3. The summed E-state index contributed by atoms with van der Waals surface area (Å²) >= 11 is 0. The van der Waals surface area contributed by atoms with Gasteiger partial charge in [0.1, 0.15) is 6.10 Å². The molecule has 1 N–H and O–H groups in total. The molecule has 0 aliphatic rings. The topological polar surface area (TPSA) is 55.4 Å². The van der Waals surface area contributed by atoms with E-state index in [2.05, 4.69) is 11.9 Å². The maximum absolute atomic E-state index is 11.2. The van der Waals surface area contributed by atoms with E-state index in [0.29, 0.717) is 0 Å². The van der Waals surface area contributed by atoms with Crippen LogP contribution in [-0.2, 0) is 14.3 Å². The van der Waals surface area contributed by atoms with Crippen LogP contribution >= 0.6 is 0 Å². The van der Waals surface area contributed by atoms with Crippen molar-refractivity contribution in [3.8, 4) is 0 Å². The fraction of sp³-hybridized carbons (Fsp3) is 0.692. The second kappa shape index (κ2) is 7.87. The van der Waals surface area contributed by atoms with Crippen LogP contribution in [0.1, 0.15) is 40.5 Å². The summed E-state index contributed by atoms with van der Waals surface area (Å²) < 4.78 is 5.28. The second-order valence-electron chi connectivity index (χ2n) is 4.26. The van der Waals surface area contributed by atoms with Gasteiger partial charge in [-0.15, -0.1) is 6.58 Å². The Labute approximate surface area is 103 Å². The lowest BCUT2D eigenvalue weighted by Crippen LogP contribution is -2.47. The number of carbonyl (C=O) groups is 2. The lowest BCUT2D eigenvalue weighted by Gasteiger charge is -2.30. The summed E-state index contributed by atoms with van der Waals surface area (Å²) in [7, 11) is 0. The molecule has 4 nitrogen and oxygen atoms in total. The molecular formula is C13H23NO3. The van der Waals surface area contributed by atoms with Gasteiger partial charge in [0, 0.05) is 13.8 Å². The van der Waals surface area contributed by atoms with Crippen LogP contribution in [0.3, 0.4) is 0 Å². The van der Waals surface area contributed by atoms with E-state index in [1.165, 1.54) is 13.8 Å². The van der Waals surface area contributed by atoms with E-state index < -0.39 is 0 Å². The van der Waals surface area contributed by atoms with Gasteiger partial charge >= 0.3 is 5.97 Å². The van der Waals surface area contributed by atoms with Gasteiger partial charge in [-0.05, 0) is 12.3 Å². The Kier molecular flexibility index (Phi) is 7.26. The summed E-state index contributed by atoms with van der Waals surface area (Å²) in [5, 5.41) is 2.83. The first-order valence-electron chi connectivity index (χ1n) is 5.99. The maximum Gasteiger partial charge on any atom is 0.302 e. The average Bonchev–Trinajstić information content (AvgIpc) is 2.23. The Balaban J connectivity index is 4.83. The first kappa shape index (κ1) is 15.7. The van der Waals surface area contributed by atoms with Crippen molar-refractivity contribution < 1.29 is 14.3 Å². The summed E-state index contributed by atoms with van der Waals surface area (Å²) in [6, 6.07) is -0.214. The lowest BCUT2D eigenvalue weighted by atomic mass is 9.94. The van der Waals surface area contributed by atoms with Crippen molar-refractivity contribution in [1.82, 2.24) is 5.32 Å². The smallest absolute Gasteiger partial charge is 0.302 e. The zero-order chi connectivity index (χ0) is 13.4. The molecular weight excluding hydrogens is 218 g/mol. The minimum absolute atomic E-state index is 0.0507. The highest BCUT2D eigenvalue weighted by Crippen LogP contribution is 2.16. The van der Waals surface area contributed by atoms with Crippen molar-refractivity contribution >= 4 is 11.9 Å². The molecule has 0 aliphatic carbocycles. The summed E-state index contributed by atoms with van der Waals surface area (Å²) in [5.74, 6) is -0.401. The number of hydrogen-bond donors (Lipinski definition) is 1. The number of hydrogen-bond acceptors (Lipinski definition) is 3. The Hall–Kier alpha value is -1.32. The van der Waals surface area contributed by atoms with Crippen LogP contribution < -0.4 is 5.32 Å². The largest absolute Gasteiger partial charge is 0.460 e. The van der Waals surface area contributed by atoms with E-state index in [1.807, 2.05) is 13.8 Å². The molecule has 0 bridgehead atoms. The van der Waals surface area contributed by atoms with Gasteiger partial charge in [-0.1, -0.05) is 26.3 Å². The predicted octanol–water partition coefficient (Wildman–Crippen LogP) is 2.04. The van der Waals surface area contributed by atoms with Crippen LogP contribution in [-0.4, -0.2) is 24.0 Å². The monoisotopic (exact) mass is 241 g/mol. The number of esters is 1. The summed E-state index contributed by atoms with van der Waals surface area (Å²) in [6.07, 6.45) is 3.07. The van der Waals surface area contributed by atoms with Crippen LogP contribution in [0.15, 0.2) is 12.7 Å². The third kappa shape index (κ3) is 6.09. The van der Waals surface area contributed by atoms with Gasteiger partial charge in [-0.3, -0.25) is 9.59 Å². The van der Waals surface area contributed by atoms with Crippen molar-refractivity contribution in [2.45, 2.75) is 52.7 Å². The number of carbonyl (C=O) groups excluding carboxylic acids is 2. The first-order chi connectivity index (χ1) is 7.92. The number of nitrogens with one attached hydrogen (secondary N) is 1. The Morgan fingerprint density at radius 3 is 2.35 bits per heavy atom. The van der Waals surface area contributed by atoms with Gasteiger partial charge in [0.2, 0.25) is 5.91 Å². The van der Waals surface area contributed by atoms with Crippen molar-refractivity contribution in [2.24, 2.45) is 5.92 Å². The molecule has 0 rings (SSSR count). The number of ether oxygens (including phenoxy) is 1. The molecule has 0 saturated carbocycles. The molecule has 0 spiro atoms. The average molecular weight is 241 g/mol.